The number of aryl methyl sites for hydroxylation is 1. The molecule has 0 aliphatic heterocycles. The summed E-state index contributed by atoms with van der Waals surface area (Å²) in [4.78, 5) is 23.8. The maximum absolute atomic E-state index is 11.9. The molecule has 0 saturated carbocycles. The molecule has 29 heavy (non-hydrogen) atoms. The fourth-order valence-corrected chi connectivity index (χ4v) is 3.15. The Morgan fingerprint density at radius 2 is 1.62 bits per heavy atom. The van der Waals surface area contributed by atoms with Gasteiger partial charge in [-0.25, -0.2) is 5.43 Å². The van der Waals surface area contributed by atoms with Crippen molar-refractivity contribution >= 4 is 18.0 Å². The first-order chi connectivity index (χ1) is 14.1. The fourth-order valence-electron chi connectivity index (χ4n) is 3.15. The number of amides is 2. The van der Waals surface area contributed by atoms with Crippen molar-refractivity contribution in [1.82, 2.24) is 15.3 Å². The van der Waals surface area contributed by atoms with Crippen LogP contribution >= 0.6 is 0 Å². The van der Waals surface area contributed by atoms with Crippen molar-refractivity contribution in [3.63, 3.8) is 0 Å². The van der Waals surface area contributed by atoms with Gasteiger partial charge in [0.15, 0.2) is 0 Å². The van der Waals surface area contributed by atoms with Crippen LogP contribution < -0.4 is 10.7 Å². The van der Waals surface area contributed by atoms with E-state index in [1.165, 1.54) is 0 Å². The van der Waals surface area contributed by atoms with Gasteiger partial charge in [-0.2, -0.15) is 5.10 Å². The number of nitrogens with zero attached hydrogens (tertiary/aromatic N) is 2. The zero-order valence-electron chi connectivity index (χ0n) is 16.6. The van der Waals surface area contributed by atoms with Gasteiger partial charge < -0.3 is 9.88 Å². The molecule has 0 spiro atoms. The van der Waals surface area contributed by atoms with Gasteiger partial charge in [-0.1, -0.05) is 48.5 Å². The Balaban J connectivity index is 1.54. The number of aromatic nitrogens is 1. The van der Waals surface area contributed by atoms with Crippen LogP contribution in [-0.4, -0.2) is 29.1 Å². The van der Waals surface area contributed by atoms with E-state index in [-0.39, 0.29) is 0 Å². The van der Waals surface area contributed by atoms with Gasteiger partial charge in [-0.3, -0.25) is 9.59 Å². The molecule has 0 unspecified atom stereocenters. The average molecular weight is 388 g/mol. The number of hydrogen-bond donors (Lipinski definition) is 2. The molecule has 1 heterocycles. The second kappa shape index (κ2) is 9.50. The number of hydrogen-bond acceptors (Lipinski definition) is 3. The van der Waals surface area contributed by atoms with Crippen LogP contribution in [0.4, 0.5) is 0 Å². The molecule has 2 aromatic carbocycles. The Labute approximate surface area is 170 Å². The highest BCUT2D eigenvalue weighted by Gasteiger charge is 2.12. The van der Waals surface area contributed by atoms with Gasteiger partial charge in [-0.05, 0) is 44.0 Å². The molecule has 0 atom stereocenters. The first-order valence-corrected chi connectivity index (χ1v) is 9.46. The largest absolute Gasteiger partial charge is 0.347 e. The molecule has 0 saturated heterocycles. The van der Waals surface area contributed by atoms with Crippen molar-refractivity contribution in [3.05, 3.63) is 89.2 Å². The van der Waals surface area contributed by atoms with E-state index in [9.17, 15) is 9.59 Å². The van der Waals surface area contributed by atoms with E-state index in [4.69, 9.17) is 0 Å². The minimum absolute atomic E-state index is 0.387. The molecular formula is C23H24N4O2. The van der Waals surface area contributed by atoms with Crippen LogP contribution in [0.25, 0.3) is 5.69 Å². The quantitative estimate of drug-likeness (QED) is 0.387. The van der Waals surface area contributed by atoms with Crippen molar-refractivity contribution in [2.24, 2.45) is 5.10 Å². The van der Waals surface area contributed by atoms with E-state index < -0.39 is 11.8 Å². The summed E-state index contributed by atoms with van der Waals surface area (Å²) in [6.07, 6.45) is 2.21. The van der Waals surface area contributed by atoms with Crippen molar-refractivity contribution in [3.8, 4) is 5.69 Å². The average Bonchev–Trinajstić information content (AvgIpc) is 3.02. The van der Waals surface area contributed by atoms with E-state index >= 15 is 0 Å². The van der Waals surface area contributed by atoms with Crippen LogP contribution in [0, 0.1) is 13.8 Å². The lowest BCUT2D eigenvalue weighted by atomic mass is 10.1. The van der Waals surface area contributed by atoms with Crippen LogP contribution in [0.1, 0.15) is 22.5 Å². The molecule has 0 bridgehead atoms. The third-order valence-electron chi connectivity index (χ3n) is 4.60. The minimum atomic E-state index is -0.786. The van der Waals surface area contributed by atoms with Crippen molar-refractivity contribution in [2.45, 2.75) is 20.3 Å². The van der Waals surface area contributed by atoms with Crippen molar-refractivity contribution < 1.29 is 9.59 Å². The summed E-state index contributed by atoms with van der Waals surface area (Å²) in [6.45, 7) is 4.38. The summed E-state index contributed by atoms with van der Waals surface area (Å²) < 4.78 is 2.11. The van der Waals surface area contributed by atoms with Crippen LogP contribution in [0.15, 0.2) is 71.8 Å². The predicted molar refractivity (Wildman–Crippen MR) is 114 cm³/mol. The highest BCUT2D eigenvalue weighted by molar-refractivity contribution is 6.35. The summed E-state index contributed by atoms with van der Waals surface area (Å²) in [6, 6.07) is 21.7. The van der Waals surface area contributed by atoms with Gasteiger partial charge in [0.2, 0.25) is 0 Å². The zero-order chi connectivity index (χ0) is 20.6. The topological polar surface area (TPSA) is 75.5 Å². The predicted octanol–water partition coefficient (Wildman–Crippen LogP) is 2.90. The Bertz CT molecular complexity index is 1010. The molecule has 2 amide bonds. The third kappa shape index (κ3) is 5.19. The lowest BCUT2D eigenvalue weighted by Crippen LogP contribution is -2.38. The Morgan fingerprint density at radius 1 is 0.966 bits per heavy atom. The lowest BCUT2D eigenvalue weighted by Gasteiger charge is -2.09. The smallest absolute Gasteiger partial charge is 0.329 e. The van der Waals surface area contributed by atoms with Gasteiger partial charge in [0.1, 0.15) is 0 Å². The molecule has 3 rings (SSSR count). The molecule has 3 aromatic rings. The van der Waals surface area contributed by atoms with E-state index in [1.807, 2.05) is 80.6 Å². The van der Waals surface area contributed by atoms with E-state index in [0.29, 0.717) is 13.0 Å². The molecule has 0 fully saturated rings. The van der Waals surface area contributed by atoms with Crippen LogP contribution in [0.5, 0.6) is 0 Å². The molecule has 1 aromatic heterocycles. The number of hydrazone groups is 1. The molecular weight excluding hydrogens is 364 g/mol. The monoisotopic (exact) mass is 388 g/mol. The number of para-hydroxylation sites is 1. The first kappa shape index (κ1) is 20.1. The molecule has 6 nitrogen and oxygen atoms in total. The van der Waals surface area contributed by atoms with Crippen molar-refractivity contribution in [1.29, 1.82) is 0 Å². The third-order valence-corrected chi connectivity index (χ3v) is 4.60. The first-order valence-electron chi connectivity index (χ1n) is 9.46. The van der Waals surface area contributed by atoms with Gasteiger partial charge in [0.05, 0.1) is 6.21 Å². The summed E-state index contributed by atoms with van der Waals surface area (Å²) >= 11 is 0. The molecule has 6 heteroatoms. The van der Waals surface area contributed by atoms with Crippen LogP contribution in [-0.2, 0) is 16.0 Å². The molecule has 148 valence electrons. The standard InChI is InChI=1S/C23H24N4O2/c1-17-15-20(18(2)27(17)21-11-7-4-8-12-21)16-25-26-23(29)22(28)24-14-13-19-9-5-3-6-10-19/h3-12,15-16H,13-14H2,1-2H3,(H,24,28)(H,26,29)/b25-16-. The van der Waals surface area contributed by atoms with Crippen LogP contribution in [0.2, 0.25) is 0 Å². The lowest BCUT2D eigenvalue weighted by molar-refractivity contribution is -0.139. The number of rotatable bonds is 6. The van der Waals surface area contributed by atoms with E-state index in [1.54, 1.807) is 6.21 Å². The molecule has 0 radical (unpaired) electrons. The fraction of sp³-hybridized carbons (Fsp3) is 0.174. The second-order valence-electron chi connectivity index (χ2n) is 6.69. The van der Waals surface area contributed by atoms with Gasteiger partial charge in [0.25, 0.3) is 0 Å². The highest BCUT2D eigenvalue weighted by atomic mass is 16.2. The second-order valence-corrected chi connectivity index (χ2v) is 6.69. The van der Waals surface area contributed by atoms with Crippen molar-refractivity contribution in [2.75, 3.05) is 6.54 Å². The highest BCUT2D eigenvalue weighted by Crippen LogP contribution is 2.19. The maximum Gasteiger partial charge on any atom is 0.329 e. The van der Waals surface area contributed by atoms with E-state index in [0.717, 1.165) is 28.2 Å². The number of carbonyl (C=O) groups excluding carboxylic acids is 2. The van der Waals surface area contributed by atoms with Crippen LogP contribution in [0.3, 0.4) is 0 Å². The van der Waals surface area contributed by atoms with E-state index in [2.05, 4.69) is 20.4 Å². The SMILES string of the molecule is Cc1cc(/C=N\NC(=O)C(=O)NCCc2ccccc2)c(C)n1-c1ccccc1. The summed E-state index contributed by atoms with van der Waals surface area (Å²) in [5, 5.41) is 6.54. The summed E-state index contributed by atoms with van der Waals surface area (Å²) in [5.41, 5.74) is 7.37. The summed E-state index contributed by atoms with van der Waals surface area (Å²) in [7, 11) is 0. The van der Waals surface area contributed by atoms with Gasteiger partial charge >= 0.3 is 11.8 Å². The molecule has 0 aliphatic carbocycles. The Morgan fingerprint density at radius 3 is 2.31 bits per heavy atom. The maximum atomic E-state index is 11.9. The Kier molecular flexibility index (Phi) is 6.58. The molecule has 0 aliphatic rings. The number of carbonyl (C=O) groups is 2. The number of nitrogens with one attached hydrogen (secondary N) is 2. The number of benzene rings is 2. The normalized spacial score (nSPS) is 10.8. The molecule has 2 N–H and O–H groups in total. The summed E-state index contributed by atoms with van der Waals surface area (Å²) in [5.74, 6) is -1.49. The Hall–Kier alpha value is -3.67. The van der Waals surface area contributed by atoms with Gasteiger partial charge in [-0.15, -0.1) is 0 Å². The zero-order valence-corrected chi connectivity index (χ0v) is 16.6. The van der Waals surface area contributed by atoms with Gasteiger partial charge in [0, 0.05) is 29.2 Å². The minimum Gasteiger partial charge on any atom is -0.347 e.